The molecule has 0 radical (unpaired) electrons. The minimum Gasteiger partial charge on any atom is -0.355 e. The van der Waals surface area contributed by atoms with Crippen molar-refractivity contribution in [2.75, 3.05) is 13.1 Å². The van der Waals surface area contributed by atoms with Gasteiger partial charge in [0.15, 0.2) is 0 Å². The molecule has 1 atom stereocenters. The van der Waals surface area contributed by atoms with Crippen molar-refractivity contribution in [3.8, 4) is 0 Å². The smallest absolute Gasteiger partial charge is 0.233 e. The van der Waals surface area contributed by atoms with Crippen LogP contribution in [0, 0.1) is 0 Å². The van der Waals surface area contributed by atoms with E-state index in [1.807, 2.05) is 6.92 Å². The molecule has 0 saturated heterocycles. The minimum absolute atomic E-state index is 0.0824. The van der Waals surface area contributed by atoms with Crippen LogP contribution in [0.1, 0.15) is 25.8 Å². The van der Waals surface area contributed by atoms with Gasteiger partial charge in [0.05, 0.1) is 6.54 Å². The molecule has 1 unspecified atom stereocenters. The lowest BCUT2D eigenvalue weighted by Crippen LogP contribution is -2.39. The second kappa shape index (κ2) is 7.41. The maximum absolute atomic E-state index is 11.3. The van der Waals surface area contributed by atoms with Crippen LogP contribution in [0.25, 0.3) is 0 Å². The average Bonchev–Trinajstić information content (AvgIpc) is 2.76. The number of rotatable bonds is 7. The fraction of sp³-hybridized carbons (Fsp3) is 0.583. The summed E-state index contributed by atoms with van der Waals surface area (Å²) in [6.45, 7) is 5.32. The summed E-state index contributed by atoms with van der Waals surface area (Å²) in [5.74, 6) is 0.0824. The highest BCUT2D eigenvalue weighted by Crippen LogP contribution is 2.08. The lowest BCUT2D eigenvalue weighted by atomic mass is 10.1. The van der Waals surface area contributed by atoms with Crippen LogP contribution in [0.15, 0.2) is 16.8 Å². The van der Waals surface area contributed by atoms with E-state index in [-0.39, 0.29) is 5.91 Å². The first-order valence-corrected chi connectivity index (χ1v) is 6.67. The van der Waals surface area contributed by atoms with E-state index in [0.717, 1.165) is 19.4 Å². The summed E-state index contributed by atoms with van der Waals surface area (Å²) in [4.78, 5) is 11.3. The quantitative estimate of drug-likeness (QED) is 0.763. The Morgan fingerprint density at radius 1 is 1.56 bits per heavy atom. The van der Waals surface area contributed by atoms with Gasteiger partial charge >= 0.3 is 0 Å². The molecule has 0 aliphatic rings. The Morgan fingerprint density at radius 3 is 3.00 bits per heavy atom. The van der Waals surface area contributed by atoms with E-state index in [1.165, 1.54) is 5.56 Å². The van der Waals surface area contributed by atoms with Gasteiger partial charge in [-0.15, -0.1) is 0 Å². The molecule has 3 nitrogen and oxygen atoms in total. The van der Waals surface area contributed by atoms with Crippen molar-refractivity contribution < 1.29 is 4.79 Å². The van der Waals surface area contributed by atoms with E-state index in [0.29, 0.717) is 12.6 Å². The Labute approximate surface area is 101 Å². The molecule has 0 aliphatic carbocycles. The number of hydrogen-bond acceptors (Lipinski definition) is 3. The summed E-state index contributed by atoms with van der Waals surface area (Å²) >= 11 is 1.71. The Morgan fingerprint density at radius 2 is 2.38 bits per heavy atom. The largest absolute Gasteiger partial charge is 0.355 e. The van der Waals surface area contributed by atoms with Crippen LogP contribution in [-0.2, 0) is 11.2 Å². The highest BCUT2D eigenvalue weighted by Gasteiger charge is 2.05. The van der Waals surface area contributed by atoms with Gasteiger partial charge in [0.25, 0.3) is 0 Å². The van der Waals surface area contributed by atoms with Gasteiger partial charge in [-0.1, -0.05) is 6.92 Å². The number of carbonyl (C=O) groups excluding carboxylic acids is 1. The monoisotopic (exact) mass is 240 g/mol. The van der Waals surface area contributed by atoms with Crippen molar-refractivity contribution in [2.24, 2.45) is 0 Å². The third-order valence-electron chi connectivity index (χ3n) is 2.31. The molecule has 0 aromatic carbocycles. The molecule has 1 amide bonds. The summed E-state index contributed by atoms with van der Waals surface area (Å²) in [5, 5.41) is 10.3. The third-order valence-corrected chi connectivity index (χ3v) is 3.04. The van der Waals surface area contributed by atoms with E-state index < -0.39 is 0 Å². The van der Waals surface area contributed by atoms with Crippen LogP contribution >= 0.6 is 11.3 Å². The molecule has 4 heteroatoms. The zero-order valence-corrected chi connectivity index (χ0v) is 10.8. The standard InChI is InChI=1S/C12H20N2OS/c1-3-5-13-12(15)8-14-10(2)7-11-4-6-16-9-11/h4,6,9-10,14H,3,5,7-8H2,1-2H3,(H,13,15). The highest BCUT2D eigenvalue weighted by molar-refractivity contribution is 7.07. The van der Waals surface area contributed by atoms with E-state index in [2.05, 4.69) is 34.4 Å². The fourth-order valence-electron chi connectivity index (χ4n) is 1.43. The Balaban J connectivity index is 2.15. The first kappa shape index (κ1) is 13.2. The predicted octanol–water partition coefficient (Wildman–Crippen LogP) is 1.79. The summed E-state index contributed by atoms with van der Waals surface area (Å²) < 4.78 is 0. The number of thiophene rings is 1. The van der Waals surface area contributed by atoms with Crippen molar-refractivity contribution in [3.05, 3.63) is 22.4 Å². The molecule has 0 fully saturated rings. The molecule has 1 aromatic rings. The molecule has 90 valence electrons. The van der Waals surface area contributed by atoms with Crippen molar-refractivity contribution in [3.63, 3.8) is 0 Å². The SMILES string of the molecule is CCCNC(=O)CNC(C)Cc1ccsc1. The highest BCUT2D eigenvalue weighted by atomic mass is 32.1. The van der Waals surface area contributed by atoms with Gasteiger partial charge in [0, 0.05) is 12.6 Å². The van der Waals surface area contributed by atoms with Gasteiger partial charge in [0.2, 0.25) is 5.91 Å². The van der Waals surface area contributed by atoms with Crippen LogP contribution in [0.4, 0.5) is 0 Å². The first-order valence-electron chi connectivity index (χ1n) is 5.73. The number of carbonyl (C=O) groups is 1. The maximum Gasteiger partial charge on any atom is 0.233 e. The van der Waals surface area contributed by atoms with Crippen molar-refractivity contribution in [1.82, 2.24) is 10.6 Å². The molecule has 1 rings (SSSR count). The summed E-state index contributed by atoms with van der Waals surface area (Å²) in [6, 6.07) is 2.46. The van der Waals surface area contributed by atoms with E-state index >= 15 is 0 Å². The molecule has 16 heavy (non-hydrogen) atoms. The topological polar surface area (TPSA) is 41.1 Å². The number of amides is 1. The van der Waals surface area contributed by atoms with Crippen LogP contribution in [0.5, 0.6) is 0 Å². The first-order chi connectivity index (χ1) is 7.72. The normalized spacial score (nSPS) is 12.4. The molecule has 0 saturated carbocycles. The Kier molecular flexibility index (Phi) is 6.11. The molecular weight excluding hydrogens is 220 g/mol. The predicted molar refractivity (Wildman–Crippen MR) is 68.8 cm³/mol. The van der Waals surface area contributed by atoms with Gasteiger partial charge in [-0.05, 0) is 42.2 Å². The van der Waals surface area contributed by atoms with Gasteiger partial charge in [0.1, 0.15) is 0 Å². The lowest BCUT2D eigenvalue weighted by molar-refractivity contribution is -0.120. The van der Waals surface area contributed by atoms with Gasteiger partial charge in [-0.3, -0.25) is 4.79 Å². The molecule has 2 N–H and O–H groups in total. The Hall–Kier alpha value is -0.870. The summed E-state index contributed by atoms with van der Waals surface area (Å²) in [5.41, 5.74) is 1.33. The Bertz CT molecular complexity index is 298. The molecular formula is C12H20N2OS. The molecule has 0 spiro atoms. The van der Waals surface area contributed by atoms with Crippen LogP contribution in [0.2, 0.25) is 0 Å². The number of nitrogens with one attached hydrogen (secondary N) is 2. The summed E-state index contributed by atoms with van der Waals surface area (Å²) in [6.07, 6.45) is 1.96. The third kappa shape index (κ3) is 5.28. The second-order valence-corrected chi connectivity index (χ2v) is 4.75. The van der Waals surface area contributed by atoms with Crippen LogP contribution < -0.4 is 10.6 Å². The lowest BCUT2D eigenvalue weighted by Gasteiger charge is -2.12. The zero-order valence-electron chi connectivity index (χ0n) is 9.95. The fourth-order valence-corrected chi connectivity index (χ4v) is 2.11. The second-order valence-electron chi connectivity index (χ2n) is 3.97. The van der Waals surface area contributed by atoms with Crippen LogP contribution in [0.3, 0.4) is 0 Å². The van der Waals surface area contributed by atoms with Gasteiger partial charge in [-0.25, -0.2) is 0 Å². The number of hydrogen-bond donors (Lipinski definition) is 2. The summed E-state index contributed by atoms with van der Waals surface area (Å²) in [7, 11) is 0. The maximum atomic E-state index is 11.3. The zero-order chi connectivity index (χ0) is 11.8. The van der Waals surface area contributed by atoms with Crippen LogP contribution in [-0.4, -0.2) is 25.0 Å². The van der Waals surface area contributed by atoms with Crippen molar-refractivity contribution in [1.29, 1.82) is 0 Å². The molecule has 0 aliphatic heterocycles. The van der Waals surface area contributed by atoms with Crippen molar-refractivity contribution >= 4 is 17.2 Å². The average molecular weight is 240 g/mol. The molecule has 1 aromatic heterocycles. The minimum atomic E-state index is 0.0824. The van der Waals surface area contributed by atoms with E-state index in [4.69, 9.17) is 0 Å². The van der Waals surface area contributed by atoms with Gasteiger partial charge < -0.3 is 10.6 Å². The van der Waals surface area contributed by atoms with E-state index in [9.17, 15) is 4.79 Å². The molecule has 0 bridgehead atoms. The molecule has 1 heterocycles. The van der Waals surface area contributed by atoms with Gasteiger partial charge in [-0.2, -0.15) is 11.3 Å². The van der Waals surface area contributed by atoms with E-state index in [1.54, 1.807) is 11.3 Å². The van der Waals surface area contributed by atoms with Crippen molar-refractivity contribution in [2.45, 2.75) is 32.7 Å².